The number of aliphatic hydroxyl groups is 1. The number of carboxylic acids is 1. The molecule has 4 N–H and O–H groups in total. The first-order valence-electron chi connectivity index (χ1n) is 12.6. The lowest BCUT2D eigenvalue weighted by molar-refractivity contribution is -0.141. The van der Waals surface area contributed by atoms with Crippen molar-refractivity contribution in [3.63, 3.8) is 0 Å². The molecular formula is C30H34N4O6. The monoisotopic (exact) mass is 546 g/mol. The summed E-state index contributed by atoms with van der Waals surface area (Å²) in [6, 6.07) is 14.5. The number of nitrogens with zero attached hydrogens (tertiary/aromatic N) is 2. The summed E-state index contributed by atoms with van der Waals surface area (Å²) in [4.78, 5) is 37.0. The summed E-state index contributed by atoms with van der Waals surface area (Å²) in [5.74, 6) is 4.21. The van der Waals surface area contributed by atoms with Gasteiger partial charge in [-0.2, -0.15) is 5.10 Å². The van der Waals surface area contributed by atoms with E-state index in [2.05, 4.69) is 27.6 Å². The summed E-state index contributed by atoms with van der Waals surface area (Å²) in [6.07, 6.45) is -0.789. The first-order valence-corrected chi connectivity index (χ1v) is 12.6. The molecule has 2 aromatic carbocycles. The summed E-state index contributed by atoms with van der Waals surface area (Å²) in [6.45, 7) is 7.94. The second kappa shape index (κ2) is 12.1. The molecule has 1 heterocycles. The standard InChI is InChI=1S/C30H34N4O6/c1-29(2,3)40-28(39)32-30(4,5)25(27(37)38)31-26(36)22-15-11-20(12-16-22)8-7-19-9-13-21(14-10-19)24-17-23(18-35)33-34(24)6/h9-17,25,35H,18H2,1-6H3,(H,31,36)(H,32,39)(H,37,38)/t25-/m1/s1. The third-order valence-corrected chi connectivity index (χ3v) is 5.84. The van der Waals surface area contributed by atoms with Crippen molar-refractivity contribution < 1.29 is 29.3 Å². The Labute approximate surface area is 233 Å². The molecule has 0 aliphatic rings. The van der Waals surface area contributed by atoms with E-state index in [1.165, 1.54) is 13.8 Å². The summed E-state index contributed by atoms with van der Waals surface area (Å²) in [7, 11) is 1.82. The Bertz CT molecular complexity index is 1440. The number of aliphatic carboxylic acids is 1. The molecule has 0 bridgehead atoms. The number of hydrogen-bond donors (Lipinski definition) is 4. The Morgan fingerprint density at radius 2 is 1.52 bits per heavy atom. The maximum atomic E-state index is 12.8. The number of ether oxygens (including phenoxy) is 1. The van der Waals surface area contributed by atoms with Crippen LogP contribution in [0.15, 0.2) is 54.6 Å². The zero-order chi connectivity index (χ0) is 29.7. The summed E-state index contributed by atoms with van der Waals surface area (Å²) in [5, 5.41) is 28.3. The second-order valence-corrected chi connectivity index (χ2v) is 10.8. The van der Waals surface area contributed by atoms with E-state index in [-0.39, 0.29) is 12.2 Å². The van der Waals surface area contributed by atoms with Gasteiger partial charge in [0.1, 0.15) is 11.6 Å². The number of carbonyl (C=O) groups excluding carboxylic acids is 2. The fraction of sp³-hybridized carbons (Fsp3) is 0.333. The van der Waals surface area contributed by atoms with Crippen molar-refractivity contribution in [2.45, 2.75) is 58.4 Å². The van der Waals surface area contributed by atoms with E-state index in [1.807, 2.05) is 37.4 Å². The predicted octanol–water partition coefficient (Wildman–Crippen LogP) is 3.47. The largest absolute Gasteiger partial charge is 0.480 e. The van der Waals surface area contributed by atoms with Gasteiger partial charge in [0.05, 0.1) is 23.5 Å². The average Bonchev–Trinajstić information content (AvgIpc) is 3.25. The van der Waals surface area contributed by atoms with Gasteiger partial charge in [-0.25, -0.2) is 9.59 Å². The van der Waals surface area contributed by atoms with Crippen molar-refractivity contribution in [3.8, 4) is 23.1 Å². The third kappa shape index (κ3) is 7.94. The molecule has 0 aliphatic carbocycles. The van der Waals surface area contributed by atoms with Crippen LogP contribution in [0, 0.1) is 11.8 Å². The molecule has 10 nitrogen and oxygen atoms in total. The number of aromatic nitrogens is 2. The number of amides is 2. The van der Waals surface area contributed by atoms with Gasteiger partial charge in [-0.3, -0.25) is 9.48 Å². The van der Waals surface area contributed by atoms with Gasteiger partial charge in [0.25, 0.3) is 5.91 Å². The molecule has 40 heavy (non-hydrogen) atoms. The van der Waals surface area contributed by atoms with Crippen molar-refractivity contribution >= 4 is 18.0 Å². The quantitative estimate of drug-likeness (QED) is 0.332. The van der Waals surface area contributed by atoms with Crippen LogP contribution in [-0.2, 0) is 23.2 Å². The third-order valence-electron chi connectivity index (χ3n) is 5.84. The first-order chi connectivity index (χ1) is 18.7. The van der Waals surface area contributed by atoms with Crippen molar-refractivity contribution in [2.24, 2.45) is 7.05 Å². The minimum absolute atomic E-state index is 0.124. The van der Waals surface area contributed by atoms with Crippen LogP contribution in [0.1, 0.15) is 61.8 Å². The Balaban J connectivity index is 1.67. The van der Waals surface area contributed by atoms with Crippen LogP contribution >= 0.6 is 0 Å². The van der Waals surface area contributed by atoms with Crippen LogP contribution in [0.3, 0.4) is 0 Å². The fourth-order valence-corrected chi connectivity index (χ4v) is 3.85. The number of rotatable bonds is 7. The van der Waals surface area contributed by atoms with E-state index in [9.17, 15) is 24.6 Å². The molecule has 0 saturated heterocycles. The highest BCUT2D eigenvalue weighted by molar-refractivity contribution is 5.97. The molecule has 0 unspecified atom stereocenters. The topological polar surface area (TPSA) is 143 Å². The van der Waals surface area contributed by atoms with Gasteiger partial charge < -0.3 is 25.6 Å². The number of benzene rings is 2. The fourth-order valence-electron chi connectivity index (χ4n) is 3.85. The highest BCUT2D eigenvalue weighted by Crippen LogP contribution is 2.20. The number of nitrogens with one attached hydrogen (secondary N) is 2. The van der Waals surface area contributed by atoms with Crippen LogP contribution in [0.2, 0.25) is 0 Å². The zero-order valence-corrected chi connectivity index (χ0v) is 23.4. The van der Waals surface area contributed by atoms with Gasteiger partial charge >= 0.3 is 12.1 Å². The number of aliphatic hydroxyl groups excluding tert-OH is 1. The highest BCUT2D eigenvalue weighted by Gasteiger charge is 2.39. The molecular weight excluding hydrogens is 512 g/mol. The number of aryl methyl sites for hydroxylation is 1. The molecule has 210 valence electrons. The average molecular weight is 547 g/mol. The van der Waals surface area contributed by atoms with Crippen LogP contribution in [0.4, 0.5) is 4.79 Å². The summed E-state index contributed by atoms with van der Waals surface area (Å²) >= 11 is 0. The van der Waals surface area contributed by atoms with E-state index in [0.717, 1.165) is 16.8 Å². The molecule has 3 rings (SSSR count). The Morgan fingerprint density at radius 3 is 2.00 bits per heavy atom. The van der Waals surface area contributed by atoms with Crippen LogP contribution in [0.25, 0.3) is 11.3 Å². The zero-order valence-electron chi connectivity index (χ0n) is 23.4. The lowest BCUT2D eigenvalue weighted by atomic mass is 9.94. The number of hydrogen-bond acceptors (Lipinski definition) is 6. The Kier molecular flexibility index (Phi) is 9.02. The van der Waals surface area contributed by atoms with E-state index >= 15 is 0 Å². The van der Waals surface area contributed by atoms with Crippen molar-refractivity contribution in [3.05, 3.63) is 77.0 Å². The molecule has 0 saturated carbocycles. The Morgan fingerprint density at radius 1 is 0.975 bits per heavy atom. The SMILES string of the molecule is Cn1nc(CO)cc1-c1ccc(C#Cc2ccc(C(=O)N[C@H](C(=O)O)C(C)(C)NC(=O)OC(C)(C)C)cc2)cc1. The minimum Gasteiger partial charge on any atom is -0.480 e. The van der Waals surface area contributed by atoms with Gasteiger partial charge in [0.2, 0.25) is 0 Å². The highest BCUT2D eigenvalue weighted by atomic mass is 16.6. The van der Waals surface area contributed by atoms with E-state index in [1.54, 1.807) is 49.7 Å². The normalized spacial score (nSPS) is 12.1. The van der Waals surface area contributed by atoms with Crippen molar-refractivity contribution in [1.82, 2.24) is 20.4 Å². The molecule has 1 atom stereocenters. The molecule has 0 radical (unpaired) electrons. The van der Waals surface area contributed by atoms with E-state index in [4.69, 9.17) is 4.74 Å². The molecule has 0 spiro atoms. The van der Waals surface area contributed by atoms with Gasteiger partial charge in [0, 0.05) is 23.7 Å². The second-order valence-electron chi connectivity index (χ2n) is 10.8. The summed E-state index contributed by atoms with van der Waals surface area (Å²) in [5.41, 5.74) is 2.02. The van der Waals surface area contributed by atoms with E-state index in [0.29, 0.717) is 11.3 Å². The maximum absolute atomic E-state index is 12.8. The Hall–Kier alpha value is -4.62. The van der Waals surface area contributed by atoms with Crippen molar-refractivity contribution in [2.75, 3.05) is 0 Å². The maximum Gasteiger partial charge on any atom is 0.408 e. The summed E-state index contributed by atoms with van der Waals surface area (Å²) < 4.78 is 6.93. The first kappa shape index (κ1) is 29.9. The molecule has 0 aliphatic heterocycles. The predicted molar refractivity (Wildman–Crippen MR) is 149 cm³/mol. The van der Waals surface area contributed by atoms with Gasteiger partial charge in [-0.1, -0.05) is 24.0 Å². The number of carboxylic acid groups (broad SMARTS) is 1. The molecule has 0 fully saturated rings. The lowest BCUT2D eigenvalue weighted by Gasteiger charge is -2.33. The van der Waals surface area contributed by atoms with Crippen LogP contribution in [0.5, 0.6) is 0 Å². The van der Waals surface area contributed by atoms with Crippen LogP contribution in [-0.4, -0.2) is 55.1 Å². The molecule has 10 heteroatoms. The molecule has 2 amide bonds. The van der Waals surface area contributed by atoms with Gasteiger partial charge in [0.15, 0.2) is 0 Å². The number of carbonyl (C=O) groups is 3. The molecule has 3 aromatic rings. The smallest absolute Gasteiger partial charge is 0.408 e. The van der Waals surface area contributed by atoms with Crippen molar-refractivity contribution in [1.29, 1.82) is 0 Å². The lowest BCUT2D eigenvalue weighted by Crippen LogP contribution is -2.62. The molecule has 1 aromatic heterocycles. The van der Waals surface area contributed by atoms with E-state index < -0.39 is 35.2 Å². The number of alkyl carbamates (subject to hydrolysis) is 1. The van der Waals surface area contributed by atoms with Crippen LogP contribution < -0.4 is 10.6 Å². The van der Waals surface area contributed by atoms with Gasteiger partial charge in [-0.15, -0.1) is 0 Å². The van der Waals surface area contributed by atoms with Gasteiger partial charge in [-0.05, 0) is 82.6 Å². The minimum atomic E-state index is -1.42.